The maximum absolute atomic E-state index is 13.0. The number of nitrogens with zero attached hydrogens (tertiary/aromatic N) is 1. The average molecular weight is 463 g/mol. The number of hydrogen-bond donors (Lipinski definition) is 1. The van der Waals surface area contributed by atoms with Crippen LogP contribution in [0.4, 0.5) is 11.4 Å². The monoisotopic (exact) mass is 462 g/mol. The van der Waals surface area contributed by atoms with E-state index in [9.17, 15) is 14.4 Å². The molecular formula is C29H22N2O4. The first-order chi connectivity index (χ1) is 17.1. The summed E-state index contributed by atoms with van der Waals surface area (Å²) in [5.41, 5.74) is 2.88. The van der Waals surface area contributed by atoms with Gasteiger partial charge >= 0.3 is 0 Å². The Morgan fingerprint density at radius 1 is 0.714 bits per heavy atom. The van der Waals surface area contributed by atoms with Crippen molar-refractivity contribution >= 4 is 29.1 Å². The number of benzene rings is 4. The number of imide groups is 1. The van der Waals surface area contributed by atoms with E-state index in [2.05, 4.69) is 5.32 Å². The molecule has 35 heavy (non-hydrogen) atoms. The summed E-state index contributed by atoms with van der Waals surface area (Å²) in [4.78, 5) is 39.3. The maximum Gasteiger partial charge on any atom is 0.266 e. The van der Waals surface area contributed by atoms with Crippen molar-refractivity contribution in [2.75, 3.05) is 10.2 Å². The summed E-state index contributed by atoms with van der Waals surface area (Å²) in [5.74, 6) is 0.0903. The van der Waals surface area contributed by atoms with E-state index in [1.54, 1.807) is 66.7 Å². The summed E-state index contributed by atoms with van der Waals surface area (Å²) in [7, 11) is 0. The molecule has 1 N–H and O–H groups in total. The number of carbonyl (C=O) groups excluding carboxylic acids is 3. The van der Waals surface area contributed by atoms with Crippen LogP contribution in [0.1, 0.15) is 32.7 Å². The maximum atomic E-state index is 13.0. The van der Waals surface area contributed by atoms with Crippen molar-refractivity contribution in [2.24, 2.45) is 0 Å². The van der Waals surface area contributed by atoms with Crippen molar-refractivity contribution in [3.8, 4) is 11.5 Å². The number of hydrogen-bond acceptors (Lipinski definition) is 4. The van der Waals surface area contributed by atoms with E-state index in [0.29, 0.717) is 46.8 Å². The molecule has 0 spiro atoms. The van der Waals surface area contributed by atoms with Crippen LogP contribution in [0.3, 0.4) is 0 Å². The highest BCUT2D eigenvalue weighted by Crippen LogP contribution is 2.32. The third-order valence-corrected chi connectivity index (χ3v) is 5.71. The SMILES string of the molecule is O=C(CCc1ccccc1)Nc1cccc(Oc2ccc3c(c2)C(=O)N(c2ccccc2)C3=O)c1. The average Bonchev–Trinajstić information content (AvgIpc) is 3.13. The molecule has 3 amide bonds. The van der Waals surface area contributed by atoms with E-state index in [1.807, 2.05) is 36.4 Å². The Hall–Kier alpha value is -4.71. The Kier molecular flexibility index (Phi) is 6.09. The Bertz CT molecular complexity index is 1400. The second-order valence-electron chi connectivity index (χ2n) is 8.15. The summed E-state index contributed by atoms with van der Waals surface area (Å²) < 4.78 is 5.95. The lowest BCUT2D eigenvalue weighted by Crippen LogP contribution is -2.29. The molecule has 0 aromatic heterocycles. The summed E-state index contributed by atoms with van der Waals surface area (Å²) >= 11 is 0. The second-order valence-corrected chi connectivity index (χ2v) is 8.15. The third-order valence-electron chi connectivity index (χ3n) is 5.71. The van der Waals surface area contributed by atoms with Crippen LogP contribution in [-0.4, -0.2) is 17.7 Å². The van der Waals surface area contributed by atoms with Gasteiger partial charge in [-0.2, -0.15) is 0 Å². The Balaban J connectivity index is 1.27. The number of para-hydroxylation sites is 1. The molecule has 0 radical (unpaired) electrons. The van der Waals surface area contributed by atoms with E-state index < -0.39 is 0 Å². The zero-order valence-corrected chi connectivity index (χ0v) is 18.8. The predicted molar refractivity (Wildman–Crippen MR) is 134 cm³/mol. The van der Waals surface area contributed by atoms with Gasteiger partial charge in [-0.25, -0.2) is 4.90 Å². The van der Waals surface area contributed by atoms with Crippen molar-refractivity contribution in [1.29, 1.82) is 0 Å². The molecule has 0 atom stereocenters. The van der Waals surface area contributed by atoms with Crippen molar-refractivity contribution in [3.63, 3.8) is 0 Å². The Morgan fingerprint density at radius 3 is 2.17 bits per heavy atom. The highest BCUT2D eigenvalue weighted by Gasteiger charge is 2.36. The van der Waals surface area contributed by atoms with Gasteiger partial charge < -0.3 is 10.1 Å². The first-order valence-electron chi connectivity index (χ1n) is 11.3. The van der Waals surface area contributed by atoms with E-state index in [1.165, 1.54) is 4.90 Å². The molecule has 0 bridgehead atoms. The molecule has 0 saturated carbocycles. The molecule has 0 saturated heterocycles. The molecule has 5 rings (SSSR count). The third kappa shape index (κ3) is 4.82. The fourth-order valence-corrected chi connectivity index (χ4v) is 3.99. The van der Waals surface area contributed by atoms with E-state index in [-0.39, 0.29) is 17.7 Å². The lowest BCUT2D eigenvalue weighted by atomic mass is 10.1. The van der Waals surface area contributed by atoms with Crippen LogP contribution < -0.4 is 15.0 Å². The van der Waals surface area contributed by atoms with Gasteiger partial charge in [-0.05, 0) is 54.4 Å². The van der Waals surface area contributed by atoms with Gasteiger partial charge in [-0.15, -0.1) is 0 Å². The number of ether oxygens (including phenoxy) is 1. The molecular weight excluding hydrogens is 440 g/mol. The van der Waals surface area contributed by atoms with E-state index in [4.69, 9.17) is 4.74 Å². The van der Waals surface area contributed by atoms with Crippen LogP contribution in [-0.2, 0) is 11.2 Å². The van der Waals surface area contributed by atoms with Crippen LogP contribution in [0.5, 0.6) is 11.5 Å². The number of carbonyl (C=O) groups is 3. The number of aryl methyl sites for hydroxylation is 1. The summed E-state index contributed by atoms with van der Waals surface area (Å²) in [5, 5.41) is 2.89. The number of anilines is 2. The smallest absolute Gasteiger partial charge is 0.266 e. The van der Waals surface area contributed by atoms with Crippen LogP contribution >= 0.6 is 0 Å². The minimum absolute atomic E-state index is 0.0892. The van der Waals surface area contributed by atoms with Crippen LogP contribution in [0.15, 0.2) is 103 Å². The van der Waals surface area contributed by atoms with E-state index >= 15 is 0 Å². The highest BCUT2D eigenvalue weighted by atomic mass is 16.5. The van der Waals surface area contributed by atoms with Crippen LogP contribution in [0, 0.1) is 0 Å². The standard InChI is InChI=1S/C29H22N2O4/c32-27(17-14-20-8-3-1-4-9-20)30-21-10-7-13-23(18-21)35-24-15-16-25-26(19-24)29(34)31(28(25)33)22-11-5-2-6-12-22/h1-13,15-16,18-19H,14,17H2,(H,30,32). The summed E-state index contributed by atoms with van der Waals surface area (Å²) in [6.45, 7) is 0. The topological polar surface area (TPSA) is 75.7 Å². The molecule has 0 aliphatic carbocycles. The quantitative estimate of drug-likeness (QED) is 0.350. The molecule has 4 aromatic rings. The number of fused-ring (bicyclic) bond motifs is 1. The number of rotatable bonds is 7. The highest BCUT2D eigenvalue weighted by molar-refractivity contribution is 6.34. The fraction of sp³-hybridized carbons (Fsp3) is 0.0690. The van der Waals surface area contributed by atoms with Gasteiger partial charge in [0.25, 0.3) is 11.8 Å². The van der Waals surface area contributed by atoms with Crippen LogP contribution in [0.25, 0.3) is 0 Å². The molecule has 1 aliphatic rings. The van der Waals surface area contributed by atoms with Gasteiger partial charge in [0.2, 0.25) is 5.91 Å². The lowest BCUT2D eigenvalue weighted by Gasteiger charge is -2.13. The van der Waals surface area contributed by atoms with Crippen LogP contribution in [0.2, 0.25) is 0 Å². The van der Waals surface area contributed by atoms with Gasteiger partial charge in [0, 0.05) is 18.2 Å². The van der Waals surface area contributed by atoms with Crippen molar-refractivity contribution in [3.05, 3.63) is 120 Å². The second kappa shape index (κ2) is 9.65. The fourth-order valence-electron chi connectivity index (χ4n) is 3.99. The summed E-state index contributed by atoms with van der Waals surface area (Å²) in [6, 6.07) is 30.5. The minimum atomic E-state index is -0.388. The van der Waals surface area contributed by atoms with Gasteiger partial charge in [-0.1, -0.05) is 54.6 Å². The summed E-state index contributed by atoms with van der Waals surface area (Å²) in [6.07, 6.45) is 1.03. The van der Waals surface area contributed by atoms with Gasteiger partial charge in [0.05, 0.1) is 16.8 Å². The molecule has 6 nitrogen and oxygen atoms in total. The zero-order chi connectivity index (χ0) is 24.2. The Morgan fingerprint density at radius 2 is 1.40 bits per heavy atom. The van der Waals surface area contributed by atoms with Crippen molar-refractivity contribution < 1.29 is 19.1 Å². The number of amides is 3. The van der Waals surface area contributed by atoms with Gasteiger partial charge in [0.1, 0.15) is 11.5 Å². The normalized spacial score (nSPS) is 12.4. The van der Waals surface area contributed by atoms with Gasteiger partial charge in [0.15, 0.2) is 0 Å². The molecule has 4 aromatic carbocycles. The molecule has 172 valence electrons. The first kappa shape index (κ1) is 22.1. The number of nitrogens with one attached hydrogen (secondary N) is 1. The molecule has 1 heterocycles. The first-order valence-corrected chi connectivity index (χ1v) is 11.3. The molecule has 0 unspecified atom stereocenters. The van der Waals surface area contributed by atoms with Crippen molar-refractivity contribution in [1.82, 2.24) is 0 Å². The zero-order valence-electron chi connectivity index (χ0n) is 18.8. The molecule has 0 fully saturated rings. The predicted octanol–water partition coefficient (Wildman–Crippen LogP) is 5.85. The minimum Gasteiger partial charge on any atom is -0.457 e. The largest absolute Gasteiger partial charge is 0.457 e. The van der Waals surface area contributed by atoms with E-state index in [0.717, 1.165) is 5.56 Å². The van der Waals surface area contributed by atoms with Crippen molar-refractivity contribution in [2.45, 2.75) is 12.8 Å². The Labute approximate surface area is 202 Å². The molecule has 6 heteroatoms. The molecule has 1 aliphatic heterocycles. The van der Waals surface area contributed by atoms with Gasteiger partial charge in [-0.3, -0.25) is 14.4 Å². The lowest BCUT2D eigenvalue weighted by molar-refractivity contribution is -0.116.